The molecule has 55 heavy (non-hydrogen) atoms. The zero-order valence-corrected chi connectivity index (χ0v) is 30.7. The van der Waals surface area contributed by atoms with Crippen LogP contribution in [0.4, 0.5) is 17.1 Å². The van der Waals surface area contributed by atoms with Crippen molar-refractivity contribution in [1.29, 1.82) is 0 Å². The Balaban J connectivity index is 0.948. The normalized spacial score (nSPS) is 12.5. The Morgan fingerprint density at radius 2 is 1.13 bits per heavy atom. The Bertz CT molecular complexity index is 2870. The van der Waals surface area contributed by atoms with Crippen molar-refractivity contribution in [2.75, 3.05) is 4.90 Å². The Hall–Kier alpha value is -7.15. The molecule has 0 N–H and O–H groups in total. The third kappa shape index (κ3) is 5.50. The quantitative estimate of drug-likeness (QED) is 0.166. The highest BCUT2D eigenvalue weighted by atomic mass is 15.1. The van der Waals surface area contributed by atoms with Crippen LogP contribution in [0.15, 0.2) is 188 Å². The van der Waals surface area contributed by atoms with Crippen molar-refractivity contribution in [3.63, 3.8) is 0 Å². The highest BCUT2D eigenvalue weighted by Gasteiger charge is 2.39. The van der Waals surface area contributed by atoms with E-state index in [-0.39, 0.29) is 5.41 Å². The maximum atomic E-state index is 4.91. The van der Waals surface area contributed by atoms with Crippen LogP contribution in [0.3, 0.4) is 0 Å². The minimum absolute atomic E-state index is 0.221. The van der Waals surface area contributed by atoms with Crippen molar-refractivity contribution in [2.24, 2.45) is 0 Å². The number of hydrogen-bond donors (Lipinski definition) is 0. The smallest absolute Gasteiger partial charge is 0.0703 e. The molecule has 0 spiro atoms. The van der Waals surface area contributed by atoms with E-state index in [1.807, 2.05) is 18.3 Å². The zero-order chi connectivity index (χ0) is 36.9. The topological polar surface area (TPSA) is 21.1 Å². The Kier molecular flexibility index (Phi) is 7.71. The fourth-order valence-corrected chi connectivity index (χ4v) is 8.43. The molecule has 0 amide bonds. The molecule has 1 aliphatic carbocycles. The van der Waals surface area contributed by atoms with Crippen LogP contribution in [0.2, 0.25) is 0 Å². The average molecular weight is 704 g/mol. The first-order valence-electron chi connectivity index (χ1n) is 18.8. The highest BCUT2D eigenvalue weighted by molar-refractivity contribution is 6.13. The molecule has 0 bridgehead atoms. The molecule has 3 heteroatoms. The second-order valence-corrected chi connectivity index (χ2v) is 14.7. The largest absolute Gasteiger partial charge is 0.311 e. The second kappa shape index (κ2) is 13.1. The number of anilines is 3. The Morgan fingerprint density at radius 1 is 0.527 bits per heavy atom. The molecule has 0 fully saturated rings. The summed E-state index contributed by atoms with van der Waals surface area (Å²) in [5.74, 6) is 6.69. The van der Waals surface area contributed by atoms with E-state index < -0.39 is 0 Å². The SMILES string of the molecule is CC1(C)c2cc(-c3ccc(C#Cc4ccc(N(c5ccccc5)c5ccccc5)cc4)cn3)ccc2-c2ccc3c4ccccc4n(-c4ccccc4)c3c21. The van der Waals surface area contributed by atoms with Crippen molar-refractivity contribution < 1.29 is 0 Å². The molecule has 260 valence electrons. The molecule has 9 aromatic rings. The van der Waals surface area contributed by atoms with Gasteiger partial charge in [0.15, 0.2) is 0 Å². The minimum Gasteiger partial charge on any atom is -0.311 e. The Labute approximate surface area is 321 Å². The summed E-state index contributed by atoms with van der Waals surface area (Å²) in [6.45, 7) is 4.74. The zero-order valence-electron chi connectivity index (χ0n) is 30.7. The van der Waals surface area contributed by atoms with Crippen molar-refractivity contribution in [1.82, 2.24) is 9.55 Å². The van der Waals surface area contributed by atoms with Crippen LogP contribution in [0.25, 0.3) is 49.9 Å². The lowest BCUT2D eigenvalue weighted by Crippen LogP contribution is -2.16. The van der Waals surface area contributed by atoms with Crippen LogP contribution in [-0.2, 0) is 5.41 Å². The van der Waals surface area contributed by atoms with E-state index in [4.69, 9.17) is 4.98 Å². The van der Waals surface area contributed by atoms with Crippen molar-refractivity contribution in [2.45, 2.75) is 19.3 Å². The predicted molar refractivity (Wildman–Crippen MR) is 229 cm³/mol. The number of benzene rings is 7. The maximum Gasteiger partial charge on any atom is 0.0703 e. The van der Waals surface area contributed by atoms with E-state index in [0.29, 0.717) is 0 Å². The lowest BCUT2D eigenvalue weighted by molar-refractivity contribution is 0.664. The molecule has 0 unspecified atom stereocenters. The number of hydrogen-bond acceptors (Lipinski definition) is 2. The predicted octanol–water partition coefficient (Wildman–Crippen LogP) is 13.0. The number of pyridine rings is 1. The fourth-order valence-electron chi connectivity index (χ4n) is 8.43. The van der Waals surface area contributed by atoms with Crippen molar-refractivity contribution >= 4 is 38.9 Å². The molecule has 0 saturated heterocycles. The highest BCUT2D eigenvalue weighted by Crippen LogP contribution is 2.53. The van der Waals surface area contributed by atoms with E-state index in [0.717, 1.165) is 39.4 Å². The van der Waals surface area contributed by atoms with Gasteiger partial charge in [-0.2, -0.15) is 0 Å². The molecule has 0 saturated carbocycles. The molecule has 7 aromatic carbocycles. The van der Waals surface area contributed by atoms with Crippen LogP contribution < -0.4 is 4.90 Å². The summed E-state index contributed by atoms with van der Waals surface area (Å²) in [6.07, 6.45) is 1.89. The summed E-state index contributed by atoms with van der Waals surface area (Å²) >= 11 is 0. The Morgan fingerprint density at radius 3 is 1.82 bits per heavy atom. The van der Waals surface area contributed by atoms with E-state index in [2.05, 4.69) is 205 Å². The molecule has 0 atom stereocenters. The van der Waals surface area contributed by atoms with Gasteiger partial charge < -0.3 is 9.47 Å². The van der Waals surface area contributed by atoms with Gasteiger partial charge in [0.25, 0.3) is 0 Å². The molecule has 2 aromatic heterocycles. The summed E-state index contributed by atoms with van der Waals surface area (Å²) in [6, 6.07) is 64.5. The van der Waals surface area contributed by atoms with Gasteiger partial charge >= 0.3 is 0 Å². The molecule has 1 aliphatic rings. The van der Waals surface area contributed by atoms with E-state index in [1.165, 1.54) is 49.7 Å². The van der Waals surface area contributed by atoms with Gasteiger partial charge in [0.1, 0.15) is 0 Å². The summed E-state index contributed by atoms with van der Waals surface area (Å²) < 4.78 is 2.46. The first kappa shape index (κ1) is 32.5. The standard InChI is InChI=1S/C52H37N3/c1-52(2)47-34-38(27-30-43(47)45-31-32-46-44-20-12-13-21-49(44)55(51(46)50(45)52)41-18-10-5-11-19-41)48-33-26-37(35-53-48)23-22-36-24-28-42(29-25-36)54(39-14-6-3-7-15-39)40-16-8-4-9-17-40/h3-21,24-35H,1-2H3. The van der Waals surface area contributed by atoms with Crippen LogP contribution >= 0.6 is 0 Å². The van der Waals surface area contributed by atoms with Gasteiger partial charge in [0.05, 0.1) is 16.7 Å². The number of rotatable bonds is 5. The summed E-state index contributed by atoms with van der Waals surface area (Å²) in [5, 5.41) is 2.56. The number of nitrogens with zero attached hydrogens (tertiary/aromatic N) is 3. The van der Waals surface area contributed by atoms with E-state index in [9.17, 15) is 0 Å². The van der Waals surface area contributed by atoms with Gasteiger partial charge in [-0.15, -0.1) is 0 Å². The van der Waals surface area contributed by atoms with E-state index in [1.54, 1.807) is 0 Å². The maximum absolute atomic E-state index is 4.91. The molecular formula is C52H37N3. The first-order chi connectivity index (χ1) is 27.0. The summed E-state index contributed by atoms with van der Waals surface area (Å²) in [4.78, 5) is 7.16. The van der Waals surface area contributed by atoms with Crippen LogP contribution in [0.1, 0.15) is 36.1 Å². The lowest BCUT2D eigenvalue weighted by atomic mass is 9.81. The summed E-state index contributed by atoms with van der Waals surface area (Å²) in [5.41, 5.74) is 15.9. The number of fused-ring (bicyclic) bond motifs is 7. The van der Waals surface area contributed by atoms with E-state index >= 15 is 0 Å². The van der Waals surface area contributed by atoms with Gasteiger partial charge in [-0.3, -0.25) is 4.98 Å². The lowest BCUT2D eigenvalue weighted by Gasteiger charge is -2.25. The third-order valence-corrected chi connectivity index (χ3v) is 11.0. The second-order valence-electron chi connectivity index (χ2n) is 14.7. The molecule has 3 nitrogen and oxygen atoms in total. The van der Waals surface area contributed by atoms with Gasteiger partial charge in [-0.05, 0) is 107 Å². The van der Waals surface area contributed by atoms with Crippen LogP contribution in [-0.4, -0.2) is 9.55 Å². The molecular weight excluding hydrogens is 667 g/mol. The molecule has 2 heterocycles. The van der Waals surface area contributed by atoms with Gasteiger partial charge in [-0.1, -0.05) is 123 Å². The fraction of sp³-hybridized carbons (Fsp3) is 0.0577. The summed E-state index contributed by atoms with van der Waals surface area (Å²) in [7, 11) is 0. The molecule has 0 radical (unpaired) electrons. The monoisotopic (exact) mass is 703 g/mol. The third-order valence-electron chi connectivity index (χ3n) is 11.0. The first-order valence-corrected chi connectivity index (χ1v) is 18.8. The number of para-hydroxylation sites is 4. The van der Waals surface area contributed by atoms with Crippen molar-refractivity contribution in [3.8, 4) is 39.9 Å². The van der Waals surface area contributed by atoms with Crippen molar-refractivity contribution in [3.05, 3.63) is 210 Å². The van der Waals surface area contributed by atoms with Crippen LogP contribution in [0, 0.1) is 11.8 Å². The van der Waals surface area contributed by atoms with Gasteiger partial charge in [0, 0.05) is 61.8 Å². The van der Waals surface area contributed by atoms with Crippen LogP contribution in [0.5, 0.6) is 0 Å². The minimum atomic E-state index is -0.221. The van der Waals surface area contributed by atoms with Gasteiger partial charge in [-0.25, -0.2) is 0 Å². The molecule has 10 rings (SSSR count). The average Bonchev–Trinajstić information content (AvgIpc) is 3.70. The van der Waals surface area contributed by atoms with Gasteiger partial charge in [0.2, 0.25) is 0 Å². The molecule has 0 aliphatic heterocycles. The number of aromatic nitrogens is 2.